The highest BCUT2D eigenvalue weighted by Crippen LogP contribution is 2.37. The standard InChI is InChI=1S/C27H31N5O3/c1-5-31(6-2)23-16-32(17-26(23)35-27-12-11-18-9-7-8-10-20(18)29-27)22-15-28-30-21-14-25(34-4)24(33-3)13-19(21)22/h7-15,23,26H,5-6,16-17H2,1-4H3. The highest BCUT2D eigenvalue weighted by atomic mass is 16.5. The third-order valence-electron chi connectivity index (χ3n) is 6.83. The van der Waals surface area contributed by atoms with Crippen molar-refractivity contribution >= 4 is 27.5 Å². The molecule has 0 saturated carbocycles. The molecule has 2 aromatic carbocycles. The second-order valence-corrected chi connectivity index (χ2v) is 8.65. The molecule has 2 aromatic heterocycles. The minimum atomic E-state index is -0.0491. The van der Waals surface area contributed by atoms with Gasteiger partial charge in [0.1, 0.15) is 6.10 Å². The fourth-order valence-corrected chi connectivity index (χ4v) is 5.00. The molecule has 0 bridgehead atoms. The molecule has 35 heavy (non-hydrogen) atoms. The summed E-state index contributed by atoms with van der Waals surface area (Å²) in [7, 11) is 3.27. The van der Waals surface area contributed by atoms with Crippen LogP contribution in [-0.2, 0) is 0 Å². The molecule has 182 valence electrons. The molecule has 2 unspecified atom stereocenters. The van der Waals surface area contributed by atoms with Crippen molar-refractivity contribution in [2.24, 2.45) is 0 Å². The normalized spacial score (nSPS) is 17.9. The van der Waals surface area contributed by atoms with Crippen LogP contribution in [0.15, 0.2) is 54.7 Å². The van der Waals surface area contributed by atoms with Gasteiger partial charge in [-0.2, -0.15) is 10.2 Å². The van der Waals surface area contributed by atoms with Gasteiger partial charge in [0.05, 0.1) is 49.7 Å². The lowest BCUT2D eigenvalue weighted by Crippen LogP contribution is -2.45. The molecule has 0 aliphatic carbocycles. The number of ether oxygens (including phenoxy) is 3. The summed E-state index contributed by atoms with van der Waals surface area (Å²) in [5, 5.41) is 10.7. The zero-order valence-electron chi connectivity index (χ0n) is 20.6. The van der Waals surface area contributed by atoms with Crippen LogP contribution in [0.3, 0.4) is 0 Å². The number of methoxy groups -OCH3 is 2. The van der Waals surface area contributed by atoms with E-state index in [1.54, 1.807) is 14.2 Å². The number of aromatic nitrogens is 3. The van der Waals surface area contributed by atoms with Gasteiger partial charge in [0.2, 0.25) is 5.88 Å². The molecule has 3 heterocycles. The molecule has 5 rings (SSSR count). The van der Waals surface area contributed by atoms with Gasteiger partial charge in [0.15, 0.2) is 11.5 Å². The molecule has 0 radical (unpaired) electrons. The zero-order valence-corrected chi connectivity index (χ0v) is 20.6. The maximum absolute atomic E-state index is 6.55. The van der Waals surface area contributed by atoms with E-state index in [1.165, 1.54) is 0 Å². The number of para-hydroxylation sites is 1. The number of rotatable bonds is 8. The Morgan fingerprint density at radius 1 is 0.943 bits per heavy atom. The van der Waals surface area contributed by atoms with Crippen LogP contribution in [0.1, 0.15) is 13.8 Å². The van der Waals surface area contributed by atoms with Crippen molar-refractivity contribution < 1.29 is 14.2 Å². The number of fused-ring (bicyclic) bond motifs is 2. The maximum Gasteiger partial charge on any atom is 0.214 e. The van der Waals surface area contributed by atoms with Crippen molar-refractivity contribution in [3.05, 3.63) is 54.7 Å². The lowest BCUT2D eigenvalue weighted by Gasteiger charge is -2.30. The second kappa shape index (κ2) is 9.92. The Balaban J connectivity index is 1.49. The average molecular weight is 474 g/mol. The highest BCUT2D eigenvalue weighted by Gasteiger charge is 2.38. The first-order valence-corrected chi connectivity index (χ1v) is 12.0. The Bertz CT molecular complexity index is 1330. The summed E-state index contributed by atoms with van der Waals surface area (Å²) in [6.07, 6.45) is 1.77. The van der Waals surface area contributed by atoms with Crippen LogP contribution < -0.4 is 19.1 Å². The first-order valence-electron chi connectivity index (χ1n) is 12.0. The Kier molecular flexibility index (Phi) is 6.55. The van der Waals surface area contributed by atoms with Gasteiger partial charge >= 0.3 is 0 Å². The summed E-state index contributed by atoms with van der Waals surface area (Å²) >= 11 is 0. The summed E-state index contributed by atoms with van der Waals surface area (Å²) < 4.78 is 17.6. The van der Waals surface area contributed by atoms with E-state index in [4.69, 9.17) is 19.2 Å². The number of hydrogen-bond acceptors (Lipinski definition) is 8. The Labute approximate surface area is 205 Å². The lowest BCUT2D eigenvalue weighted by molar-refractivity contribution is 0.104. The zero-order chi connectivity index (χ0) is 24.4. The molecule has 1 fully saturated rings. The topological polar surface area (TPSA) is 72.8 Å². The monoisotopic (exact) mass is 473 g/mol. The molecule has 1 saturated heterocycles. The molecule has 0 N–H and O–H groups in total. The summed E-state index contributed by atoms with van der Waals surface area (Å²) in [5.74, 6) is 1.95. The number of anilines is 1. The summed E-state index contributed by atoms with van der Waals surface area (Å²) in [6.45, 7) is 7.80. The van der Waals surface area contributed by atoms with Crippen molar-refractivity contribution in [3.63, 3.8) is 0 Å². The minimum absolute atomic E-state index is 0.0491. The fraction of sp³-hybridized carbons (Fsp3) is 0.370. The molecule has 2 atom stereocenters. The minimum Gasteiger partial charge on any atom is -0.493 e. The number of hydrogen-bond donors (Lipinski definition) is 0. The third-order valence-corrected chi connectivity index (χ3v) is 6.83. The van der Waals surface area contributed by atoms with Gasteiger partial charge in [-0.05, 0) is 31.3 Å². The van der Waals surface area contributed by atoms with E-state index in [0.717, 1.165) is 47.1 Å². The SMILES string of the molecule is CCN(CC)C1CN(c2cnnc3cc(OC)c(OC)cc23)CC1Oc1ccc2ccccc2n1. The maximum atomic E-state index is 6.55. The van der Waals surface area contributed by atoms with Crippen LogP contribution in [0.25, 0.3) is 21.8 Å². The quantitative estimate of drug-likeness (QED) is 0.378. The van der Waals surface area contributed by atoms with Crippen LogP contribution >= 0.6 is 0 Å². The largest absolute Gasteiger partial charge is 0.493 e. The Morgan fingerprint density at radius 3 is 2.49 bits per heavy atom. The molecule has 0 amide bonds. The van der Waals surface area contributed by atoms with Crippen LogP contribution in [0.5, 0.6) is 17.4 Å². The van der Waals surface area contributed by atoms with Crippen molar-refractivity contribution in [1.29, 1.82) is 0 Å². The molecule has 8 nitrogen and oxygen atoms in total. The van der Waals surface area contributed by atoms with E-state index in [2.05, 4.69) is 46.0 Å². The van der Waals surface area contributed by atoms with E-state index in [1.807, 2.05) is 42.6 Å². The molecular formula is C27H31N5O3. The molecule has 0 spiro atoms. The van der Waals surface area contributed by atoms with Crippen LogP contribution in [0, 0.1) is 0 Å². The van der Waals surface area contributed by atoms with Gasteiger partial charge < -0.3 is 19.1 Å². The van der Waals surface area contributed by atoms with Gasteiger partial charge in [0, 0.05) is 29.4 Å². The van der Waals surface area contributed by atoms with Gasteiger partial charge in [-0.3, -0.25) is 4.90 Å². The lowest BCUT2D eigenvalue weighted by atomic mass is 10.1. The van der Waals surface area contributed by atoms with Crippen molar-refractivity contribution in [1.82, 2.24) is 20.1 Å². The molecule has 1 aliphatic rings. The highest BCUT2D eigenvalue weighted by molar-refractivity contribution is 5.93. The number of pyridine rings is 1. The fourth-order valence-electron chi connectivity index (χ4n) is 5.00. The van der Waals surface area contributed by atoms with Crippen molar-refractivity contribution in [2.75, 3.05) is 45.3 Å². The van der Waals surface area contributed by atoms with Gasteiger partial charge in [-0.25, -0.2) is 4.98 Å². The Hall–Kier alpha value is -3.65. The van der Waals surface area contributed by atoms with Gasteiger partial charge in [-0.15, -0.1) is 0 Å². The molecular weight excluding hydrogens is 442 g/mol. The summed E-state index contributed by atoms with van der Waals surface area (Å²) in [5.41, 5.74) is 2.70. The summed E-state index contributed by atoms with van der Waals surface area (Å²) in [4.78, 5) is 9.54. The van der Waals surface area contributed by atoms with E-state index in [9.17, 15) is 0 Å². The van der Waals surface area contributed by atoms with Crippen molar-refractivity contribution in [3.8, 4) is 17.4 Å². The average Bonchev–Trinajstić information content (AvgIpc) is 3.31. The predicted molar refractivity (Wildman–Crippen MR) is 138 cm³/mol. The van der Waals surface area contributed by atoms with E-state index in [0.29, 0.717) is 23.9 Å². The molecule has 8 heteroatoms. The van der Waals surface area contributed by atoms with E-state index < -0.39 is 0 Å². The summed E-state index contributed by atoms with van der Waals surface area (Å²) in [6, 6.07) is 16.2. The van der Waals surface area contributed by atoms with E-state index >= 15 is 0 Å². The third kappa shape index (κ3) is 4.41. The van der Waals surface area contributed by atoms with Crippen molar-refractivity contribution in [2.45, 2.75) is 26.0 Å². The predicted octanol–water partition coefficient (Wildman–Crippen LogP) is 4.17. The van der Waals surface area contributed by atoms with Crippen LogP contribution in [0.4, 0.5) is 5.69 Å². The van der Waals surface area contributed by atoms with Crippen LogP contribution in [-0.4, -0.2) is 72.6 Å². The molecule has 4 aromatic rings. The molecule has 1 aliphatic heterocycles. The second-order valence-electron chi connectivity index (χ2n) is 8.65. The van der Waals surface area contributed by atoms with Gasteiger partial charge in [-0.1, -0.05) is 32.0 Å². The van der Waals surface area contributed by atoms with Gasteiger partial charge in [0.25, 0.3) is 0 Å². The number of benzene rings is 2. The first-order chi connectivity index (χ1) is 17.1. The Morgan fingerprint density at radius 2 is 1.71 bits per heavy atom. The number of likely N-dealkylation sites (N-methyl/N-ethyl adjacent to an activating group) is 1. The smallest absolute Gasteiger partial charge is 0.214 e. The first kappa shape index (κ1) is 23.1. The van der Waals surface area contributed by atoms with E-state index in [-0.39, 0.29) is 12.1 Å². The van der Waals surface area contributed by atoms with Crippen LogP contribution in [0.2, 0.25) is 0 Å². The number of nitrogens with zero attached hydrogens (tertiary/aromatic N) is 5.